The van der Waals surface area contributed by atoms with Crippen LogP contribution in [0.5, 0.6) is 0 Å². The summed E-state index contributed by atoms with van der Waals surface area (Å²) in [7, 11) is 1.40. The molecule has 0 fully saturated rings. The van der Waals surface area contributed by atoms with E-state index < -0.39 is 6.09 Å². The Morgan fingerprint density at radius 3 is 2.83 bits per heavy atom. The van der Waals surface area contributed by atoms with Gasteiger partial charge in [-0.2, -0.15) is 0 Å². The summed E-state index contributed by atoms with van der Waals surface area (Å²) in [5.41, 5.74) is 4.44. The molecule has 0 atom stereocenters. The number of hydrogen-bond acceptors (Lipinski definition) is 6. The second kappa shape index (κ2) is 10.2. The Labute approximate surface area is 180 Å². The first kappa shape index (κ1) is 21.8. The molecule has 0 saturated heterocycles. The Morgan fingerprint density at radius 1 is 1.30 bits per heavy atom. The number of alkyl carbamates (subject to hydrolysis) is 1. The van der Waals surface area contributed by atoms with Crippen LogP contribution >= 0.6 is 12.6 Å². The molecule has 0 aliphatic heterocycles. The zero-order valence-electron chi connectivity index (χ0n) is 17.1. The van der Waals surface area contributed by atoms with Crippen molar-refractivity contribution in [1.82, 2.24) is 19.4 Å². The maximum Gasteiger partial charge on any atom is 0.407 e. The van der Waals surface area contributed by atoms with E-state index in [1.54, 1.807) is 12.5 Å². The number of thiol groups is 1. The molecule has 1 N–H and O–H groups in total. The maximum atomic E-state index is 11.7. The van der Waals surface area contributed by atoms with Crippen LogP contribution in [0.3, 0.4) is 0 Å². The third kappa shape index (κ3) is 4.96. The summed E-state index contributed by atoms with van der Waals surface area (Å²) < 4.78 is 13.8. The molecule has 0 bridgehead atoms. The van der Waals surface area contributed by atoms with E-state index in [4.69, 9.17) is 9.47 Å². The average molecular weight is 431 g/mol. The van der Waals surface area contributed by atoms with E-state index in [9.17, 15) is 9.59 Å². The first-order chi connectivity index (χ1) is 14.5. The molecular weight excluding hydrogens is 404 g/mol. The SMILES string of the molecule is COC(=O)CCn1c(C)c(Cn2ccnc2)c2c(CCNC(=O)OCS)cccc21. The van der Waals surface area contributed by atoms with Crippen LogP contribution in [-0.4, -0.2) is 45.8 Å². The monoisotopic (exact) mass is 430 g/mol. The summed E-state index contributed by atoms with van der Waals surface area (Å²) in [6.45, 7) is 3.72. The molecule has 9 heteroatoms. The summed E-state index contributed by atoms with van der Waals surface area (Å²) in [4.78, 5) is 27.4. The minimum atomic E-state index is -0.484. The predicted molar refractivity (Wildman–Crippen MR) is 117 cm³/mol. The Kier molecular flexibility index (Phi) is 7.40. The number of benzene rings is 1. The minimum absolute atomic E-state index is 0.0404. The number of amides is 1. The first-order valence-electron chi connectivity index (χ1n) is 9.68. The number of nitrogens with one attached hydrogen (secondary N) is 1. The van der Waals surface area contributed by atoms with Crippen molar-refractivity contribution in [2.75, 3.05) is 19.6 Å². The Hall–Kier alpha value is -2.94. The number of aromatic nitrogens is 3. The number of carbonyl (C=O) groups excluding carboxylic acids is 2. The van der Waals surface area contributed by atoms with Crippen molar-refractivity contribution in [1.29, 1.82) is 0 Å². The molecular formula is C21H26N4O4S. The van der Waals surface area contributed by atoms with Gasteiger partial charge in [0.25, 0.3) is 0 Å². The molecule has 3 aromatic rings. The van der Waals surface area contributed by atoms with E-state index in [2.05, 4.69) is 46.6 Å². The van der Waals surface area contributed by atoms with E-state index >= 15 is 0 Å². The van der Waals surface area contributed by atoms with E-state index in [1.807, 2.05) is 16.8 Å². The normalized spacial score (nSPS) is 10.9. The Bertz CT molecular complexity index is 1010. The lowest BCUT2D eigenvalue weighted by Crippen LogP contribution is -2.26. The molecule has 30 heavy (non-hydrogen) atoms. The third-order valence-electron chi connectivity index (χ3n) is 5.09. The topological polar surface area (TPSA) is 87.4 Å². The van der Waals surface area contributed by atoms with Crippen molar-refractivity contribution >= 4 is 35.6 Å². The van der Waals surface area contributed by atoms with Gasteiger partial charge in [0.2, 0.25) is 0 Å². The Morgan fingerprint density at radius 2 is 2.13 bits per heavy atom. The van der Waals surface area contributed by atoms with E-state index in [-0.39, 0.29) is 11.9 Å². The van der Waals surface area contributed by atoms with Crippen LogP contribution < -0.4 is 5.32 Å². The second-order valence-corrected chi connectivity index (χ2v) is 7.08. The van der Waals surface area contributed by atoms with E-state index in [0.29, 0.717) is 32.5 Å². The van der Waals surface area contributed by atoms with Crippen molar-refractivity contribution < 1.29 is 19.1 Å². The largest absolute Gasteiger partial charge is 0.469 e. The van der Waals surface area contributed by atoms with Crippen molar-refractivity contribution in [3.8, 4) is 0 Å². The quantitative estimate of drug-likeness (QED) is 0.310. The zero-order valence-corrected chi connectivity index (χ0v) is 18.0. The summed E-state index contributed by atoms with van der Waals surface area (Å²) in [5.74, 6) is -0.200. The molecule has 0 aliphatic rings. The number of fused-ring (bicyclic) bond motifs is 1. The summed E-state index contributed by atoms with van der Waals surface area (Å²) >= 11 is 3.88. The lowest BCUT2D eigenvalue weighted by atomic mass is 10.0. The zero-order chi connectivity index (χ0) is 21.5. The van der Waals surface area contributed by atoms with Gasteiger partial charge in [-0.25, -0.2) is 9.78 Å². The van der Waals surface area contributed by atoms with Crippen molar-refractivity contribution in [2.45, 2.75) is 32.9 Å². The molecule has 2 heterocycles. The van der Waals surface area contributed by atoms with Gasteiger partial charge in [-0.3, -0.25) is 4.79 Å². The number of carbonyl (C=O) groups is 2. The van der Waals surface area contributed by atoms with E-state index in [1.165, 1.54) is 12.7 Å². The first-order valence-corrected chi connectivity index (χ1v) is 10.3. The number of nitrogens with zero attached hydrogens (tertiary/aromatic N) is 3. The molecule has 0 aliphatic carbocycles. The molecule has 2 aromatic heterocycles. The lowest BCUT2D eigenvalue weighted by molar-refractivity contribution is -0.140. The molecule has 160 valence electrons. The lowest BCUT2D eigenvalue weighted by Gasteiger charge is -2.09. The minimum Gasteiger partial charge on any atom is -0.469 e. The van der Waals surface area contributed by atoms with Crippen LogP contribution in [0.25, 0.3) is 10.9 Å². The fourth-order valence-corrected chi connectivity index (χ4v) is 3.77. The van der Waals surface area contributed by atoms with Crippen molar-refractivity contribution in [3.63, 3.8) is 0 Å². The number of rotatable bonds is 9. The summed E-state index contributed by atoms with van der Waals surface area (Å²) in [5, 5.41) is 3.87. The molecule has 0 spiro atoms. The molecule has 0 saturated carbocycles. The van der Waals surface area contributed by atoms with Crippen LogP contribution in [-0.2, 0) is 33.8 Å². The molecule has 1 aromatic carbocycles. The van der Waals surface area contributed by atoms with Crippen LogP contribution in [0, 0.1) is 6.92 Å². The third-order valence-corrected chi connectivity index (χ3v) is 5.22. The molecule has 3 rings (SSSR count). The van der Waals surface area contributed by atoms with Gasteiger partial charge in [0.05, 0.1) is 26.4 Å². The van der Waals surface area contributed by atoms with Gasteiger partial charge >= 0.3 is 12.1 Å². The van der Waals surface area contributed by atoms with Gasteiger partial charge in [-0.15, -0.1) is 12.6 Å². The van der Waals surface area contributed by atoms with Gasteiger partial charge in [0.1, 0.15) is 5.94 Å². The number of esters is 1. The Balaban J connectivity index is 1.96. The van der Waals surface area contributed by atoms with Crippen LogP contribution in [0.15, 0.2) is 36.9 Å². The van der Waals surface area contributed by atoms with Gasteiger partial charge < -0.3 is 23.9 Å². The number of hydrogen-bond donors (Lipinski definition) is 2. The van der Waals surface area contributed by atoms with Crippen LogP contribution in [0.4, 0.5) is 4.79 Å². The fourth-order valence-electron chi connectivity index (χ4n) is 3.65. The highest BCUT2D eigenvalue weighted by Gasteiger charge is 2.18. The number of methoxy groups -OCH3 is 1. The van der Waals surface area contributed by atoms with Crippen LogP contribution in [0.1, 0.15) is 23.2 Å². The highest BCUT2D eigenvalue weighted by atomic mass is 32.1. The van der Waals surface area contributed by atoms with Gasteiger partial charge in [0.15, 0.2) is 0 Å². The van der Waals surface area contributed by atoms with Crippen molar-refractivity contribution in [3.05, 3.63) is 53.7 Å². The highest BCUT2D eigenvalue weighted by Crippen LogP contribution is 2.30. The van der Waals surface area contributed by atoms with Crippen LogP contribution in [0.2, 0.25) is 0 Å². The number of imidazole rings is 1. The van der Waals surface area contributed by atoms with Gasteiger partial charge in [-0.05, 0) is 25.0 Å². The molecule has 1 amide bonds. The summed E-state index contributed by atoms with van der Waals surface area (Å²) in [6, 6.07) is 6.12. The molecule has 0 radical (unpaired) electrons. The standard InChI is InChI=1S/C21H26N4O4S/c1-15-17(12-24-11-9-22-13-24)20-16(6-8-23-21(27)29-14-30)4-3-5-18(20)25(15)10-7-19(26)28-2/h3-5,9,11,13,30H,6-8,10,12,14H2,1-2H3,(H,23,27). The second-order valence-electron chi connectivity index (χ2n) is 6.83. The average Bonchev–Trinajstić information content (AvgIpc) is 3.34. The van der Waals surface area contributed by atoms with Crippen molar-refractivity contribution in [2.24, 2.45) is 0 Å². The fraction of sp³-hybridized carbons (Fsp3) is 0.381. The number of ether oxygens (including phenoxy) is 2. The van der Waals surface area contributed by atoms with Gasteiger partial charge in [-0.1, -0.05) is 12.1 Å². The van der Waals surface area contributed by atoms with E-state index in [0.717, 1.165) is 22.2 Å². The maximum absolute atomic E-state index is 11.7. The molecule has 8 nitrogen and oxygen atoms in total. The smallest absolute Gasteiger partial charge is 0.407 e. The van der Waals surface area contributed by atoms with Gasteiger partial charge in [0, 0.05) is 47.6 Å². The predicted octanol–water partition coefficient (Wildman–Crippen LogP) is 2.91. The molecule has 0 unspecified atom stereocenters. The summed E-state index contributed by atoms with van der Waals surface area (Å²) in [6.07, 6.45) is 5.93. The number of aryl methyl sites for hydroxylation is 1. The highest BCUT2D eigenvalue weighted by molar-refractivity contribution is 7.80.